The lowest BCUT2D eigenvalue weighted by atomic mass is 9.79. The molecule has 5 rings (SSSR count). The third-order valence-corrected chi connectivity index (χ3v) is 7.09. The topological polar surface area (TPSA) is 54.5 Å². The van der Waals surface area contributed by atoms with Gasteiger partial charge in [-0.1, -0.05) is 6.42 Å². The number of fused-ring (bicyclic) bond motifs is 5. The highest BCUT2D eigenvalue weighted by Gasteiger charge is 2.54. The van der Waals surface area contributed by atoms with E-state index < -0.39 is 0 Å². The number of carbonyl (C=O) groups excluding carboxylic acids is 1. The fourth-order valence-corrected chi connectivity index (χ4v) is 5.99. The van der Waals surface area contributed by atoms with Crippen molar-refractivity contribution in [1.82, 2.24) is 10.3 Å². The standard InChI is InChI=1S/C20H27N3O2/c24-20(13-4-5-19(21-12-13)23-6-8-25-9-7-23)22-18-11-14-10-17(18)16-3-1-2-15(14)16/h4-5,12,14-18H,1-3,6-11H2,(H,22,24)/t14-,15-,16+,17+,18-/m1/s1. The number of nitrogens with one attached hydrogen (secondary N) is 1. The van der Waals surface area contributed by atoms with Crippen LogP contribution in [0.4, 0.5) is 5.82 Å². The van der Waals surface area contributed by atoms with E-state index in [1.165, 1.54) is 32.1 Å². The van der Waals surface area contributed by atoms with Gasteiger partial charge in [-0.05, 0) is 61.5 Å². The summed E-state index contributed by atoms with van der Waals surface area (Å²) in [5.74, 6) is 4.42. The van der Waals surface area contributed by atoms with E-state index in [9.17, 15) is 4.79 Å². The maximum absolute atomic E-state index is 12.7. The summed E-state index contributed by atoms with van der Waals surface area (Å²) < 4.78 is 5.38. The lowest BCUT2D eigenvalue weighted by Crippen LogP contribution is -2.42. The van der Waals surface area contributed by atoms with Crippen LogP contribution >= 0.6 is 0 Å². The lowest BCUT2D eigenvalue weighted by Gasteiger charge is -2.32. The molecule has 0 radical (unpaired) electrons. The van der Waals surface area contributed by atoms with Crippen LogP contribution < -0.4 is 10.2 Å². The zero-order valence-corrected chi connectivity index (χ0v) is 14.7. The van der Waals surface area contributed by atoms with Crippen LogP contribution in [0.2, 0.25) is 0 Å². The van der Waals surface area contributed by atoms with Crippen LogP contribution in [0.25, 0.3) is 0 Å². The molecule has 0 unspecified atom stereocenters. The summed E-state index contributed by atoms with van der Waals surface area (Å²) in [6.07, 6.45) is 8.47. The largest absolute Gasteiger partial charge is 0.378 e. The zero-order chi connectivity index (χ0) is 16.8. The van der Waals surface area contributed by atoms with Gasteiger partial charge in [0, 0.05) is 25.3 Å². The number of rotatable bonds is 3. The predicted molar refractivity (Wildman–Crippen MR) is 95.6 cm³/mol. The Balaban J connectivity index is 1.23. The molecule has 5 heteroatoms. The summed E-state index contributed by atoms with van der Waals surface area (Å²) >= 11 is 0. The fraction of sp³-hybridized carbons (Fsp3) is 0.700. The van der Waals surface area contributed by atoms with E-state index in [1.54, 1.807) is 6.20 Å². The van der Waals surface area contributed by atoms with Gasteiger partial charge in [-0.2, -0.15) is 0 Å². The number of morpholine rings is 1. The van der Waals surface area contributed by atoms with Gasteiger partial charge in [-0.3, -0.25) is 4.79 Å². The molecule has 5 atom stereocenters. The smallest absolute Gasteiger partial charge is 0.253 e. The molecule has 1 aromatic heterocycles. The Morgan fingerprint density at radius 1 is 1.12 bits per heavy atom. The average Bonchev–Trinajstić information content (AvgIpc) is 3.36. The van der Waals surface area contributed by atoms with Crippen molar-refractivity contribution in [2.75, 3.05) is 31.2 Å². The molecule has 3 saturated carbocycles. The van der Waals surface area contributed by atoms with Crippen molar-refractivity contribution in [3.63, 3.8) is 0 Å². The molecule has 4 aliphatic rings. The average molecular weight is 341 g/mol. The van der Waals surface area contributed by atoms with Gasteiger partial charge in [0.15, 0.2) is 0 Å². The summed E-state index contributed by atoms with van der Waals surface area (Å²) in [7, 11) is 0. The minimum absolute atomic E-state index is 0.0492. The molecule has 4 fully saturated rings. The van der Waals surface area contributed by atoms with Gasteiger partial charge >= 0.3 is 0 Å². The number of aromatic nitrogens is 1. The second-order valence-electron chi connectivity index (χ2n) is 8.24. The molecule has 0 aromatic carbocycles. The Morgan fingerprint density at radius 2 is 1.96 bits per heavy atom. The number of hydrogen-bond acceptors (Lipinski definition) is 4. The summed E-state index contributed by atoms with van der Waals surface area (Å²) in [5, 5.41) is 3.33. The molecule has 1 aromatic rings. The highest BCUT2D eigenvalue weighted by molar-refractivity contribution is 5.94. The second-order valence-corrected chi connectivity index (χ2v) is 8.24. The van der Waals surface area contributed by atoms with Crippen molar-refractivity contribution < 1.29 is 9.53 Å². The Kier molecular flexibility index (Phi) is 3.92. The third kappa shape index (κ3) is 2.73. The van der Waals surface area contributed by atoms with Crippen molar-refractivity contribution in [1.29, 1.82) is 0 Å². The number of nitrogens with zero attached hydrogens (tertiary/aromatic N) is 2. The van der Waals surface area contributed by atoms with E-state index >= 15 is 0 Å². The fourth-order valence-electron chi connectivity index (χ4n) is 5.99. The van der Waals surface area contributed by atoms with Gasteiger partial charge in [-0.25, -0.2) is 4.98 Å². The monoisotopic (exact) mass is 341 g/mol. The molecule has 1 N–H and O–H groups in total. The molecule has 2 heterocycles. The van der Waals surface area contributed by atoms with Crippen LogP contribution in [-0.4, -0.2) is 43.2 Å². The summed E-state index contributed by atoms with van der Waals surface area (Å²) in [5.41, 5.74) is 0.683. The van der Waals surface area contributed by atoms with Gasteiger partial charge in [0.1, 0.15) is 5.82 Å². The van der Waals surface area contributed by atoms with Gasteiger partial charge < -0.3 is 15.0 Å². The molecular weight excluding hydrogens is 314 g/mol. The predicted octanol–water partition coefficient (Wildman–Crippen LogP) is 2.47. The number of amides is 1. The highest BCUT2D eigenvalue weighted by atomic mass is 16.5. The van der Waals surface area contributed by atoms with Gasteiger partial charge in [0.2, 0.25) is 0 Å². The Bertz CT molecular complexity index is 641. The number of anilines is 1. The van der Waals surface area contributed by atoms with Crippen molar-refractivity contribution in [3.05, 3.63) is 23.9 Å². The van der Waals surface area contributed by atoms with Gasteiger partial charge in [0.25, 0.3) is 5.91 Å². The first-order valence-corrected chi connectivity index (χ1v) is 9.89. The Morgan fingerprint density at radius 3 is 2.76 bits per heavy atom. The van der Waals surface area contributed by atoms with Crippen molar-refractivity contribution in [2.24, 2.45) is 23.7 Å². The van der Waals surface area contributed by atoms with Crippen molar-refractivity contribution in [3.8, 4) is 0 Å². The summed E-state index contributed by atoms with van der Waals surface area (Å²) in [4.78, 5) is 19.4. The molecule has 25 heavy (non-hydrogen) atoms. The highest BCUT2D eigenvalue weighted by Crippen LogP contribution is 2.58. The number of pyridine rings is 1. The quantitative estimate of drug-likeness (QED) is 0.918. The molecule has 1 aliphatic heterocycles. The van der Waals surface area contributed by atoms with Crippen LogP contribution in [0.15, 0.2) is 18.3 Å². The van der Waals surface area contributed by atoms with E-state index in [0.29, 0.717) is 11.6 Å². The minimum atomic E-state index is 0.0492. The molecular formula is C20H27N3O2. The molecule has 1 amide bonds. The molecule has 5 nitrogen and oxygen atoms in total. The number of ether oxygens (including phenoxy) is 1. The van der Waals surface area contributed by atoms with Crippen LogP contribution in [-0.2, 0) is 4.74 Å². The summed E-state index contributed by atoms with van der Waals surface area (Å²) in [6, 6.07) is 4.27. The van der Waals surface area contributed by atoms with Crippen molar-refractivity contribution >= 4 is 11.7 Å². The van der Waals surface area contributed by atoms with E-state index in [1.807, 2.05) is 12.1 Å². The van der Waals surface area contributed by atoms with Crippen LogP contribution in [0.1, 0.15) is 42.5 Å². The number of carbonyl (C=O) groups is 1. The Labute approximate surface area is 149 Å². The van der Waals surface area contributed by atoms with Gasteiger partial charge in [0.05, 0.1) is 18.8 Å². The zero-order valence-electron chi connectivity index (χ0n) is 14.7. The maximum atomic E-state index is 12.7. The van der Waals surface area contributed by atoms with Gasteiger partial charge in [-0.15, -0.1) is 0 Å². The van der Waals surface area contributed by atoms with Crippen LogP contribution in [0.5, 0.6) is 0 Å². The van der Waals surface area contributed by atoms with Crippen molar-refractivity contribution in [2.45, 2.75) is 38.1 Å². The summed E-state index contributed by atoms with van der Waals surface area (Å²) in [6.45, 7) is 3.23. The first kappa shape index (κ1) is 15.6. The second kappa shape index (κ2) is 6.27. The van der Waals surface area contributed by atoms with E-state index in [2.05, 4.69) is 15.2 Å². The van der Waals surface area contributed by atoms with E-state index in [-0.39, 0.29) is 5.91 Å². The molecule has 0 spiro atoms. The number of hydrogen-bond donors (Lipinski definition) is 1. The molecule has 1 saturated heterocycles. The third-order valence-electron chi connectivity index (χ3n) is 7.09. The molecule has 3 aliphatic carbocycles. The normalized spacial score (nSPS) is 36.5. The molecule has 2 bridgehead atoms. The first-order valence-electron chi connectivity index (χ1n) is 9.89. The maximum Gasteiger partial charge on any atom is 0.253 e. The van der Waals surface area contributed by atoms with Crippen LogP contribution in [0, 0.1) is 23.7 Å². The van der Waals surface area contributed by atoms with Crippen LogP contribution in [0.3, 0.4) is 0 Å². The SMILES string of the molecule is O=C(N[C@@H]1C[C@H]2C[C@H]1[C@H]1CCC[C@H]21)c1ccc(N2CCOCC2)nc1. The lowest BCUT2D eigenvalue weighted by molar-refractivity contribution is 0.0900. The van der Waals surface area contributed by atoms with E-state index in [4.69, 9.17) is 4.74 Å². The minimum Gasteiger partial charge on any atom is -0.378 e. The van der Waals surface area contributed by atoms with E-state index in [0.717, 1.165) is 55.8 Å². The first-order chi connectivity index (χ1) is 12.3. The Hall–Kier alpha value is -1.62. The molecule has 134 valence electrons.